The Labute approximate surface area is 110 Å². The van der Waals surface area contributed by atoms with Gasteiger partial charge in [-0.25, -0.2) is 0 Å². The van der Waals surface area contributed by atoms with Crippen LogP contribution in [0.1, 0.15) is 32.6 Å². The Hall–Kier alpha value is -0.320. The first-order chi connectivity index (χ1) is 7.79. The van der Waals surface area contributed by atoms with Crippen LogP contribution < -0.4 is 10.6 Å². The molecule has 4 nitrogen and oxygen atoms in total. The van der Waals surface area contributed by atoms with Crippen molar-refractivity contribution < 1.29 is 4.79 Å². The molecule has 2 aliphatic rings. The van der Waals surface area contributed by atoms with Gasteiger partial charge in [0.1, 0.15) is 0 Å². The van der Waals surface area contributed by atoms with Crippen LogP contribution in [-0.2, 0) is 4.79 Å². The summed E-state index contributed by atoms with van der Waals surface area (Å²) >= 11 is 0. The summed E-state index contributed by atoms with van der Waals surface area (Å²) in [6.45, 7) is 5.92. The number of hydrogen-bond acceptors (Lipinski definition) is 3. The minimum absolute atomic E-state index is 0. The zero-order valence-corrected chi connectivity index (χ0v) is 11.4. The highest BCUT2D eigenvalue weighted by atomic mass is 35.5. The molecule has 100 valence electrons. The van der Waals surface area contributed by atoms with Crippen molar-refractivity contribution in [3.8, 4) is 0 Å². The molecular weight excluding hydrogens is 238 g/mol. The third-order valence-electron chi connectivity index (χ3n) is 3.35. The van der Waals surface area contributed by atoms with Gasteiger partial charge in [0.05, 0.1) is 6.54 Å². The molecule has 1 aliphatic carbocycles. The molecule has 2 N–H and O–H groups in total. The van der Waals surface area contributed by atoms with Crippen molar-refractivity contribution >= 4 is 18.3 Å². The fourth-order valence-corrected chi connectivity index (χ4v) is 2.31. The average molecular weight is 262 g/mol. The molecule has 5 heteroatoms. The third-order valence-corrected chi connectivity index (χ3v) is 3.35. The second kappa shape index (κ2) is 7.19. The van der Waals surface area contributed by atoms with E-state index >= 15 is 0 Å². The second-order valence-corrected chi connectivity index (χ2v) is 4.96. The van der Waals surface area contributed by atoms with E-state index in [0.29, 0.717) is 18.6 Å². The summed E-state index contributed by atoms with van der Waals surface area (Å²) in [4.78, 5) is 14.1. The monoisotopic (exact) mass is 261 g/mol. The van der Waals surface area contributed by atoms with Gasteiger partial charge in [-0.3, -0.25) is 9.69 Å². The van der Waals surface area contributed by atoms with Crippen LogP contribution in [-0.4, -0.2) is 49.1 Å². The number of nitrogens with one attached hydrogen (secondary N) is 2. The quantitative estimate of drug-likeness (QED) is 0.742. The maximum absolute atomic E-state index is 11.8. The van der Waals surface area contributed by atoms with Crippen LogP contribution in [0.15, 0.2) is 0 Å². The molecule has 1 atom stereocenters. The van der Waals surface area contributed by atoms with E-state index in [1.165, 1.54) is 19.3 Å². The molecule has 0 aromatic heterocycles. The van der Waals surface area contributed by atoms with E-state index in [1.54, 1.807) is 0 Å². The predicted molar refractivity (Wildman–Crippen MR) is 71.6 cm³/mol. The van der Waals surface area contributed by atoms with Gasteiger partial charge in [0.25, 0.3) is 0 Å². The number of amides is 1. The lowest BCUT2D eigenvalue weighted by atomic mass is 10.2. The number of hydrogen-bond donors (Lipinski definition) is 2. The van der Waals surface area contributed by atoms with Gasteiger partial charge in [0.2, 0.25) is 5.91 Å². The SMILES string of the molecule is CCCN(CC(=O)NC1CC1)C1CCNC1.Cl. The van der Waals surface area contributed by atoms with Crippen molar-refractivity contribution in [1.82, 2.24) is 15.5 Å². The van der Waals surface area contributed by atoms with Gasteiger partial charge in [-0.1, -0.05) is 6.92 Å². The van der Waals surface area contributed by atoms with Crippen molar-refractivity contribution in [2.45, 2.75) is 44.7 Å². The molecule has 2 rings (SSSR count). The van der Waals surface area contributed by atoms with Gasteiger partial charge in [-0.15, -0.1) is 12.4 Å². The Bertz CT molecular complexity index is 240. The van der Waals surface area contributed by atoms with Gasteiger partial charge in [-0.05, 0) is 38.8 Å². The highest BCUT2D eigenvalue weighted by molar-refractivity contribution is 5.85. The van der Waals surface area contributed by atoms with Gasteiger partial charge in [0, 0.05) is 18.6 Å². The Kier molecular flexibility index (Phi) is 6.23. The number of rotatable bonds is 6. The fraction of sp³-hybridized carbons (Fsp3) is 0.917. The van der Waals surface area contributed by atoms with Gasteiger partial charge in [0.15, 0.2) is 0 Å². The van der Waals surface area contributed by atoms with Crippen LogP contribution >= 0.6 is 12.4 Å². The number of carbonyl (C=O) groups is 1. The number of nitrogens with zero attached hydrogens (tertiary/aromatic N) is 1. The van der Waals surface area contributed by atoms with Crippen LogP contribution in [0.2, 0.25) is 0 Å². The van der Waals surface area contributed by atoms with Crippen molar-refractivity contribution in [1.29, 1.82) is 0 Å². The second-order valence-electron chi connectivity index (χ2n) is 4.96. The normalized spacial score (nSPS) is 23.5. The molecule has 0 bridgehead atoms. The van der Waals surface area contributed by atoms with Crippen LogP contribution in [0, 0.1) is 0 Å². The smallest absolute Gasteiger partial charge is 0.234 e. The first-order valence-electron chi connectivity index (χ1n) is 6.53. The summed E-state index contributed by atoms with van der Waals surface area (Å²) in [5, 5.41) is 6.43. The molecule has 0 spiro atoms. The molecule has 1 saturated carbocycles. The Balaban J connectivity index is 0.00000144. The van der Waals surface area contributed by atoms with Crippen LogP contribution in [0.25, 0.3) is 0 Å². The van der Waals surface area contributed by atoms with Crippen LogP contribution in [0.3, 0.4) is 0 Å². The summed E-state index contributed by atoms with van der Waals surface area (Å²) in [5.41, 5.74) is 0. The Morgan fingerprint density at radius 1 is 1.41 bits per heavy atom. The summed E-state index contributed by atoms with van der Waals surface area (Å²) < 4.78 is 0. The summed E-state index contributed by atoms with van der Waals surface area (Å²) in [6, 6.07) is 1.04. The van der Waals surface area contributed by atoms with E-state index in [0.717, 1.165) is 26.1 Å². The molecular formula is C12H24ClN3O. The number of halogens is 1. The number of carbonyl (C=O) groups excluding carboxylic acids is 1. The molecule has 1 unspecified atom stereocenters. The van der Waals surface area contributed by atoms with E-state index in [-0.39, 0.29) is 18.3 Å². The lowest BCUT2D eigenvalue weighted by Crippen LogP contribution is -2.44. The molecule has 1 saturated heterocycles. The molecule has 1 heterocycles. The molecule has 0 aromatic rings. The molecule has 1 amide bonds. The van der Waals surface area contributed by atoms with Gasteiger partial charge < -0.3 is 10.6 Å². The molecule has 17 heavy (non-hydrogen) atoms. The predicted octanol–water partition coefficient (Wildman–Crippen LogP) is 0.761. The minimum atomic E-state index is 0. The summed E-state index contributed by atoms with van der Waals surface area (Å²) in [7, 11) is 0. The summed E-state index contributed by atoms with van der Waals surface area (Å²) in [5.74, 6) is 0.211. The molecule has 0 radical (unpaired) electrons. The van der Waals surface area contributed by atoms with Crippen molar-refractivity contribution in [3.63, 3.8) is 0 Å². The van der Waals surface area contributed by atoms with Crippen molar-refractivity contribution in [3.05, 3.63) is 0 Å². The minimum Gasteiger partial charge on any atom is -0.352 e. The van der Waals surface area contributed by atoms with Crippen LogP contribution in [0.4, 0.5) is 0 Å². The van der Waals surface area contributed by atoms with Crippen LogP contribution in [0.5, 0.6) is 0 Å². The molecule has 2 fully saturated rings. The highest BCUT2D eigenvalue weighted by Gasteiger charge is 2.27. The summed E-state index contributed by atoms with van der Waals surface area (Å²) in [6.07, 6.45) is 4.64. The van der Waals surface area contributed by atoms with E-state index < -0.39 is 0 Å². The van der Waals surface area contributed by atoms with Crippen molar-refractivity contribution in [2.75, 3.05) is 26.2 Å². The van der Waals surface area contributed by atoms with E-state index in [2.05, 4.69) is 22.5 Å². The molecule has 0 aromatic carbocycles. The highest BCUT2D eigenvalue weighted by Crippen LogP contribution is 2.18. The zero-order valence-electron chi connectivity index (χ0n) is 10.6. The standard InChI is InChI=1S/C12H23N3O.ClH/c1-2-7-15(11-5-6-13-8-11)9-12(16)14-10-3-4-10;/h10-11,13H,2-9H2,1H3,(H,14,16);1H. The largest absolute Gasteiger partial charge is 0.352 e. The first kappa shape index (κ1) is 14.7. The maximum Gasteiger partial charge on any atom is 0.234 e. The Morgan fingerprint density at radius 3 is 2.71 bits per heavy atom. The Morgan fingerprint density at radius 2 is 2.18 bits per heavy atom. The third kappa shape index (κ3) is 4.82. The van der Waals surface area contributed by atoms with E-state index in [9.17, 15) is 4.79 Å². The zero-order chi connectivity index (χ0) is 11.4. The first-order valence-corrected chi connectivity index (χ1v) is 6.53. The topological polar surface area (TPSA) is 44.4 Å². The van der Waals surface area contributed by atoms with Crippen molar-refractivity contribution in [2.24, 2.45) is 0 Å². The average Bonchev–Trinajstić information content (AvgIpc) is 2.90. The van der Waals surface area contributed by atoms with E-state index in [4.69, 9.17) is 0 Å². The van der Waals surface area contributed by atoms with Gasteiger partial charge >= 0.3 is 0 Å². The fourth-order valence-electron chi connectivity index (χ4n) is 2.31. The lowest BCUT2D eigenvalue weighted by Gasteiger charge is -2.27. The maximum atomic E-state index is 11.8. The van der Waals surface area contributed by atoms with Gasteiger partial charge in [-0.2, -0.15) is 0 Å². The lowest BCUT2D eigenvalue weighted by molar-refractivity contribution is -0.122. The van der Waals surface area contributed by atoms with E-state index in [1.807, 2.05) is 0 Å². The molecule has 1 aliphatic heterocycles.